The second-order valence-electron chi connectivity index (χ2n) is 1.44. The molecule has 0 heterocycles. The van der Waals surface area contributed by atoms with Crippen molar-refractivity contribution in [2.24, 2.45) is 0 Å². The molecule has 9 heavy (non-hydrogen) atoms. The van der Waals surface area contributed by atoms with Gasteiger partial charge in [0.2, 0.25) is 6.10 Å². The maximum Gasteiger partial charge on any atom is 0.421 e. The van der Waals surface area contributed by atoms with E-state index in [0.717, 1.165) is 0 Å². The van der Waals surface area contributed by atoms with Crippen molar-refractivity contribution in [1.82, 2.24) is 0 Å². The number of rotatable bonds is 1. The monoisotopic (exact) mass is 142 g/mol. The fourth-order valence-corrected chi connectivity index (χ4v) is 0.189. The van der Waals surface area contributed by atoms with Gasteiger partial charge in [-0.2, -0.15) is 13.2 Å². The van der Waals surface area contributed by atoms with E-state index in [9.17, 15) is 13.2 Å². The average molecular weight is 142 g/mol. The van der Waals surface area contributed by atoms with Crippen LogP contribution >= 0.6 is 0 Å². The number of halogens is 3. The summed E-state index contributed by atoms with van der Waals surface area (Å²) in [6.07, 6.45) is -7.64. The van der Waals surface area contributed by atoms with Crippen LogP contribution in [0.1, 0.15) is 0 Å². The van der Waals surface area contributed by atoms with E-state index in [1.165, 1.54) is 0 Å². The van der Waals surface area contributed by atoms with E-state index >= 15 is 0 Å². The lowest BCUT2D eigenvalue weighted by Gasteiger charge is -2.11. The van der Waals surface area contributed by atoms with Gasteiger partial charge in [-0.15, -0.1) is 0 Å². The lowest BCUT2D eigenvalue weighted by atomic mass is 10.3. The van der Waals surface area contributed by atoms with Crippen LogP contribution in [0.2, 0.25) is 0 Å². The highest BCUT2D eigenvalue weighted by Gasteiger charge is 2.40. The summed E-state index contributed by atoms with van der Waals surface area (Å²) in [4.78, 5) is 0. The topological polar surface area (TPSA) is 40.5 Å². The van der Waals surface area contributed by atoms with Gasteiger partial charge in [0, 0.05) is 0 Å². The second-order valence-corrected chi connectivity index (χ2v) is 1.44. The molecule has 0 aromatic heterocycles. The van der Waals surface area contributed by atoms with Crippen molar-refractivity contribution < 1.29 is 23.4 Å². The molecule has 5 heteroatoms. The smallest absolute Gasteiger partial charge is 0.421 e. The first kappa shape index (κ1) is 8.29. The minimum atomic E-state index is -4.81. The first-order valence-electron chi connectivity index (χ1n) is 1.98. The fourth-order valence-electron chi connectivity index (χ4n) is 0.189. The normalized spacial score (nSPS) is 15.1. The lowest BCUT2D eigenvalue weighted by Crippen LogP contribution is -2.29. The highest BCUT2D eigenvalue weighted by atomic mass is 19.4. The Labute approximate surface area is 49.2 Å². The molecule has 0 aliphatic carbocycles. The van der Waals surface area contributed by atoms with E-state index in [0.29, 0.717) is 0 Å². The Hall–Kier alpha value is -0.710. The van der Waals surface area contributed by atoms with Gasteiger partial charge >= 0.3 is 6.18 Å². The molecule has 0 rings (SSSR count). The minimum absolute atomic E-state index is 1.29. The van der Waals surface area contributed by atoms with Gasteiger partial charge in [0.25, 0.3) is 0 Å². The van der Waals surface area contributed by atoms with Crippen LogP contribution in [0.3, 0.4) is 0 Å². The zero-order valence-corrected chi connectivity index (χ0v) is 4.31. The van der Waals surface area contributed by atoms with Crippen molar-refractivity contribution in [2.45, 2.75) is 12.3 Å². The molecule has 0 aliphatic heterocycles. The van der Waals surface area contributed by atoms with Crippen molar-refractivity contribution in [2.75, 3.05) is 0 Å². The molecule has 0 radical (unpaired) electrons. The Morgan fingerprint density at radius 3 is 1.78 bits per heavy atom. The van der Waals surface area contributed by atoms with Gasteiger partial charge in [-0.1, -0.05) is 6.58 Å². The summed E-state index contributed by atoms with van der Waals surface area (Å²) in [5.41, 5.74) is 0. The predicted octanol–water partition coefficient (Wildman–Crippen LogP) is 0.981. The van der Waals surface area contributed by atoms with Crippen molar-refractivity contribution in [3.8, 4) is 0 Å². The average Bonchev–Trinajstić information content (AvgIpc) is 1.62. The van der Waals surface area contributed by atoms with Crippen molar-refractivity contribution in [3.63, 3.8) is 0 Å². The second kappa shape index (κ2) is 2.26. The maximum atomic E-state index is 11.2. The molecule has 1 unspecified atom stereocenters. The van der Waals surface area contributed by atoms with Crippen LogP contribution in [-0.4, -0.2) is 22.5 Å². The van der Waals surface area contributed by atoms with Crippen LogP contribution in [0.5, 0.6) is 0 Å². The SMILES string of the molecule is C=C(O)C(O)C(F)(F)F. The summed E-state index contributed by atoms with van der Waals surface area (Å²) < 4.78 is 33.7. The Bertz CT molecular complexity index is 117. The molecule has 0 bridgehead atoms. The zero-order valence-electron chi connectivity index (χ0n) is 4.31. The van der Waals surface area contributed by atoms with Crippen LogP contribution in [0, 0.1) is 0 Å². The van der Waals surface area contributed by atoms with Crippen LogP contribution < -0.4 is 0 Å². The van der Waals surface area contributed by atoms with Gasteiger partial charge in [-0.3, -0.25) is 0 Å². The largest absolute Gasteiger partial charge is 0.510 e. The number of hydrogen-bond acceptors (Lipinski definition) is 2. The third-order valence-corrected chi connectivity index (χ3v) is 0.626. The standard InChI is InChI=1S/C4H5F3O2/c1-2(8)3(9)4(5,6)7/h3,8-9H,1H2. The van der Waals surface area contributed by atoms with E-state index in [4.69, 9.17) is 10.2 Å². The van der Waals surface area contributed by atoms with Crippen LogP contribution in [0.25, 0.3) is 0 Å². The fraction of sp³-hybridized carbons (Fsp3) is 0.500. The molecule has 0 fully saturated rings. The summed E-state index contributed by atoms with van der Waals surface area (Å²) in [5, 5.41) is 16.0. The van der Waals surface area contributed by atoms with E-state index in [1.807, 2.05) is 0 Å². The van der Waals surface area contributed by atoms with Crippen molar-refractivity contribution >= 4 is 0 Å². The molecule has 0 aliphatic rings. The molecule has 54 valence electrons. The molecule has 2 nitrogen and oxygen atoms in total. The Balaban J connectivity index is 4.04. The van der Waals surface area contributed by atoms with E-state index in [2.05, 4.69) is 6.58 Å². The van der Waals surface area contributed by atoms with Gasteiger partial charge in [-0.25, -0.2) is 0 Å². The molecule has 0 saturated heterocycles. The van der Waals surface area contributed by atoms with E-state index in [1.54, 1.807) is 0 Å². The molecular formula is C4H5F3O2. The van der Waals surface area contributed by atoms with Crippen LogP contribution in [-0.2, 0) is 0 Å². The molecule has 0 aromatic carbocycles. The molecule has 2 N–H and O–H groups in total. The number of aliphatic hydroxyl groups is 2. The number of hydrogen-bond donors (Lipinski definition) is 2. The van der Waals surface area contributed by atoms with Gasteiger partial charge in [0.1, 0.15) is 5.76 Å². The summed E-state index contributed by atoms with van der Waals surface area (Å²) in [7, 11) is 0. The molecule has 1 atom stereocenters. The molecule has 0 spiro atoms. The Morgan fingerprint density at radius 2 is 1.78 bits per heavy atom. The third kappa shape index (κ3) is 2.36. The van der Waals surface area contributed by atoms with Gasteiger partial charge in [-0.05, 0) is 0 Å². The lowest BCUT2D eigenvalue weighted by molar-refractivity contribution is -0.198. The van der Waals surface area contributed by atoms with Crippen LogP contribution in [0.15, 0.2) is 12.3 Å². The third-order valence-electron chi connectivity index (χ3n) is 0.626. The quantitative estimate of drug-likeness (QED) is 0.536. The van der Waals surface area contributed by atoms with Gasteiger partial charge in [0.05, 0.1) is 0 Å². The molecule has 0 amide bonds. The van der Waals surface area contributed by atoms with Crippen molar-refractivity contribution in [3.05, 3.63) is 12.3 Å². The molecular weight excluding hydrogens is 137 g/mol. The van der Waals surface area contributed by atoms with E-state index < -0.39 is 18.0 Å². The van der Waals surface area contributed by atoms with E-state index in [-0.39, 0.29) is 0 Å². The summed E-state index contributed by atoms with van der Waals surface area (Å²) in [5.74, 6) is -1.29. The Morgan fingerprint density at radius 1 is 1.44 bits per heavy atom. The Kier molecular flexibility index (Phi) is 2.08. The van der Waals surface area contributed by atoms with Gasteiger partial charge in [0.15, 0.2) is 0 Å². The molecule has 0 saturated carbocycles. The minimum Gasteiger partial charge on any atom is -0.510 e. The van der Waals surface area contributed by atoms with Gasteiger partial charge < -0.3 is 10.2 Å². The predicted molar refractivity (Wildman–Crippen MR) is 23.8 cm³/mol. The van der Waals surface area contributed by atoms with Crippen LogP contribution in [0.4, 0.5) is 13.2 Å². The van der Waals surface area contributed by atoms with Crippen molar-refractivity contribution in [1.29, 1.82) is 0 Å². The number of aliphatic hydroxyl groups excluding tert-OH is 2. The summed E-state index contributed by atoms with van der Waals surface area (Å²) >= 11 is 0. The maximum absolute atomic E-state index is 11.2. The molecule has 0 aromatic rings. The highest BCUT2D eigenvalue weighted by molar-refractivity contribution is 4.92. The zero-order chi connectivity index (χ0) is 7.65. The summed E-state index contributed by atoms with van der Waals surface area (Å²) in [6.45, 7) is 2.51. The highest BCUT2D eigenvalue weighted by Crippen LogP contribution is 2.22. The first-order valence-corrected chi connectivity index (χ1v) is 1.98. The number of alkyl halides is 3. The summed E-state index contributed by atoms with van der Waals surface area (Å²) in [6, 6.07) is 0. The first-order chi connectivity index (χ1) is 3.85.